The normalized spacial score (nSPS) is 54.8. The molecule has 18 heteroatoms. The Hall–Kier alpha value is -1.43. The molecule has 7 fully saturated rings. The maximum atomic E-state index is 12.8. The van der Waals surface area contributed by atoms with Crippen LogP contribution in [-0.4, -0.2) is 163 Å². The van der Waals surface area contributed by atoms with Crippen LogP contribution in [0.15, 0.2) is 11.6 Å². The molecule has 3 heterocycles. The molecule has 3 saturated heterocycles. The average molecular weight is 873 g/mol. The second-order valence-corrected chi connectivity index (χ2v) is 20.3. The number of rotatable bonds is 10. The summed E-state index contributed by atoms with van der Waals surface area (Å²) in [5, 5.41) is 105. The first-order chi connectivity index (χ1) is 28.8. The second-order valence-electron chi connectivity index (χ2n) is 20.3. The van der Waals surface area contributed by atoms with Crippen molar-refractivity contribution >= 4 is 5.97 Å². The Balaban J connectivity index is 1.03. The van der Waals surface area contributed by atoms with Crippen LogP contribution in [-0.2, 0) is 38.0 Å². The van der Waals surface area contributed by atoms with Crippen LogP contribution in [0.1, 0.15) is 91.9 Å². The quantitative estimate of drug-likeness (QED) is 0.0790. The van der Waals surface area contributed by atoms with E-state index in [9.17, 15) is 55.9 Å². The molecule has 348 valence electrons. The first kappa shape index (κ1) is 46.1. The monoisotopic (exact) mass is 872 g/mol. The lowest BCUT2D eigenvalue weighted by Gasteiger charge is -2.66. The Morgan fingerprint density at radius 2 is 1.49 bits per heavy atom. The van der Waals surface area contributed by atoms with Crippen molar-refractivity contribution in [3.8, 4) is 0 Å². The minimum atomic E-state index is -2.78. The number of aliphatic hydroxyl groups excluding tert-OH is 8. The minimum Gasteiger partial charge on any atom is -0.479 e. The van der Waals surface area contributed by atoms with E-state index in [2.05, 4.69) is 33.8 Å². The lowest BCUT2D eigenvalue weighted by atomic mass is 9.38. The van der Waals surface area contributed by atoms with Crippen LogP contribution in [0.4, 0.5) is 0 Å². The van der Waals surface area contributed by atoms with Gasteiger partial charge >= 0.3 is 5.97 Å². The molecule has 0 aromatic rings. The maximum Gasteiger partial charge on any atom is 0.338 e. The SMILES string of the molecule is C[C@@H]1CC2C3=CCC4[C@@](C)(CCC5[C@@H](C)[C@@H](O[C@@H]6OC(C(=O)O)[C@](O)(O[C@H]7OC(O)[C@H](CO)O7)CC6O[C@@H]6OC(CO)[C@H](O)C(O)C6O)CC[C@@]54C)C3CC[C@@]2(CO)C[C@@H]1O. The Bertz CT molecular complexity index is 1620. The second kappa shape index (κ2) is 17.1. The molecular formula is C43H68O18. The number of aliphatic carboxylic acids is 1. The Morgan fingerprint density at radius 3 is 2.16 bits per heavy atom. The lowest BCUT2D eigenvalue weighted by Crippen LogP contribution is -2.65. The van der Waals surface area contributed by atoms with Crippen LogP contribution < -0.4 is 0 Å². The number of hydrogen-bond acceptors (Lipinski definition) is 17. The Labute approximate surface area is 355 Å². The largest absolute Gasteiger partial charge is 0.479 e. The van der Waals surface area contributed by atoms with Gasteiger partial charge in [0.25, 0.3) is 6.48 Å². The highest BCUT2D eigenvalue weighted by molar-refractivity contribution is 5.74. The van der Waals surface area contributed by atoms with Gasteiger partial charge in [-0.1, -0.05) is 39.3 Å². The molecule has 5 aliphatic carbocycles. The maximum absolute atomic E-state index is 12.8. The number of aliphatic hydroxyl groups is 9. The standard InChI is InChI=1S/C43H68O18/c1-19-13-24-21-5-6-30-40(3)11-9-26(20(2)22(40)7-10-41(30,4)23(21)8-12-42(24,18-46)14-25(19)47)55-37-27(56-38-33(50)32(49)31(48)28(16-44)57-38)15-43(54,34(59-37)35(51)52)61-39-58-29(17-45)36(53)60-39/h5,19-20,22-34,36-39,44-50,53-54H,6-18H2,1-4H3,(H,51,52)/t19-,20-,22?,23?,24?,25+,26+,27?,28?,29+,30?,31+,32?,33?,34?,36?,37-,38-,39-,40+,41+,42+,43-/m1/s1. The fourth-order valence-electron chi connectivity index (χ4n) is 13.7. The van der Waals surface area contributed by atoms with Crippen LogP contribution in [0, 0.1) is 51.8 Å². The molecule has 0 aromatic carbocycles. The van der Waals surface area contributed by atoms with Crippen LogP contribution in [0.2, 0.25) is 0 Å². The topological polar surface area (TPSA) is 284 Å². The summed E-state index contributed by atoms with van der Waals surface area (Å²) >= 11 is 0. The summed E-state index contributed by atoms with van der Waals surface area (Å²) < 4.78 is 40.5. The number of ether oxygens (including phenoxy) is 7. The minimum absolute atomic E-state index is 0.0413. The summed E-state index contributed by atoms with van der Waals surface area (Å²) in [5.74, 6) is -3.04. The fourth-order valence-corrected chi connectivity index (χ4v) is 13.7. The van der Waals surface area contributed by atoms with Crippen molar-refractivity contribution in [3.05, 3.63) is 11.6 Å². The summed E-state index contributed by atoms with van der Waals surface area (Å²) in [6.07, 6.45) is -7.84. The molecule has 0 bridgehead atoms. The molecule has 61 heavy (non-hydrogen) atoms. The van der Waals surface area contributed by atoms with Gasteiger partial charge in [-0.25, -0.2) is 4.79 Å². The van der Waals surface area contributed by atoms with Crippen molar-refractivity contribution in [2.75, 3.05) is 19.8 Å². The predicted octanol–water partition coefficient (Wildman–Crippen LogP) is 0.0657. The first-order valence-electron chi connectivity index (χ1n) is 22.3. The van der Waals surface area contributed by atoms with E-state index in [0.717, 1.165) is 44.9 Å². The zero-order valence-corrected chi connectivity index (χ0v) is 35.5. The number of allylic oxidation sites excluding steroid dienone is 2. The van der Waals surface area contributed by atoms with E-state index in [4.69, 9.17) is 33.2 Å². The van der Waals surface area contributed by atoms with Gasteiger partial charge in [0.05, 0.1) is 25.4 Å². The molecule has 0 aromatic heterocycles. The predicted molar refractivity (Wildman–Crippen MR) is 207 cm³/mol. The third-order valence-electron chi connectivity index (χ3n) is 17.2. The zero-order valence-electron chi connectivity index (χ0n) is 35.5. The van der Waals surface area contributed by atoms with E-state index < -0.39 is 112 Å². The lowest BCUT2D eigenvalue weighted by molar-refractivity contribution is -0.426. The van der Waals surface area contributed by atoms with Crippen molar-refractivity contribution in [2.24, 2.45) is 51.8 Å². The summed E-state index contributed by atoms with van der Waals surface area (Å²) in [6, 6.07) is 0. The van der Waals surface area contributed by atoms with Crippen molar-refractivity contribution < 1.29 is 89.0 Å². The molecule has 23 atom stereocenters. The summed E-state index contributed by atoms with van der Waals surface area (Å²) in [5.41, 5.74) is 1.18. The van der Waals surface area contributed by atoms with Gasteiger partial charge in [-0.3, -0.25) is 9.47 Å². The molecule has 8 rings (SSSR count). The number of carboxylic acid groups (broad SMARTS) is 1. The molecule has 3 aliphatic heterocycles. The van der Waals surface area contributed by atoms with Gasteiger partial charge in [-0.2, -0.15) is 0 Å². The van der Waals surface area contributed by atoms with Gasteiger partial charge in [0.1, 0.15) is 36.6 Å². The van der Waals surface area contributed by atoms with E-state index in [1.807, 2.05) is 0 Å². The summed E-state index contributed by atoms with van der Waals surface area (Å²) in [4.78, 5) is 12.8. The van der Waals surface area contributed by atoms with Crippen LogP contribution >= 0.6 is 0 Å². The van der Waals surface area contributed by atoms with Gasteiger partial charge in [-0.15, -0.1) is 0 Å². The van der Waals surface area contributed by atoms with Gasteiger partial charge in [0, 0.05) is 18.4 Å². The van der Waals surface area contributed by atoms with E-state index in [1.165, 1.54) is 5.57 Å². The van der Waals surface area contributed by atoms with Crippen molar-refractivity contribution in [2.45, 2.75) is 178 Å². The van der Waals surface area contributed by atoms with Crippen LogP contribution in [0.3, 0.4) is 0 Å². The van der Waals surface area contributed by atoms with Crippen LogP contribution in [0.25, 0.3) is 0 Å². The van der Waals surface area contributed by atoms with Crippen molar-refractivity contribution in [1.29, 1.82) is 0 Å². The van der Waals surface area contributed by atoms with E-state index in [0.29, 0.717) is 24.7 Å². The van der Waals surface area contributed by atoms with Gasteiger partial charge in [0.15, 0.2) is 18.9 Å². The Kier molecular flexibility index (Phi) is 12.9. The number of carbonyl (C=O) groups is 1. The molecular weight excluding hydrogens is 804 g/mol. The number of hydrogen-bond donors (Lipinski definition) is 10. The Morgan fingerprint density at radius 1 is 0.787 bits per heavy atom. The van der Waals surface area contributed by atoms with Gasteiger partial charge in [-0.05, 0) is 104 Å². The van der Waals surface area contributed by atoms with E-state index >= 15 is 0 Å². The third kappa shape index (κ3) is 7.74. The smallest absolute Gasteiger partial charge is 0.338 e. The number of fused-ring (bicyclic) bond motifs is 7. The van der Waals surface area contributed by atoms with Crippen molar-refractivity contribution in [1.82, 2.24) is 0 Å². The zero-order chi connectivity index (χ0) is 44.0. The molecule has 8 aliphatic rings. The van der Waals surface area contributed by atoms with E-state index in [-0.39, 0.29) is 46.5 Å². The molecule has 18 nitrogen and oxygen atoms in total. The summed E-state index contributed by atoms with van der Waals surface area (Å²) in [7, 11) is 0. The first-order valence-corrected chi connectivity index (χ1v) is 22.3. The fraction of sp³-hybridized carbons (Fsp3) is 0.930. The van der Waals surface area contributed by atoms with Gasteiger partial charge in [0.2, 0.25) is 11.9 Å². The van der Waals surface area contributed by atoms with Crippen molar-refractivity contribution in [3.63, 3.8) is 0 Å². The molecule has 0 radical (unpaired) electrons. The highest BCUT2D eigenvalue weighted by atomic mass is 16.9. The molecule has 10 N–H and O–H groups in total. The number of carboxylic acids is 1. The molecule has 4 saturated carbocycles. The molecule has 0 spiro atoms. The third-order valence-corrected chi connectivity index (χ3v) is 17.2. The summed E-state index contributed by atoms with van der Waals surface area (Å²) in [6.45, 7) is 5.95. The highest BCUT2D eigenvalue weighted by Gasteiger charge is 2.64. The molecule has 10 unspecified atom stereocenters. The highest BCUT2D eigenvalue weighted by Crippen LogP contribution is 2.70. The van der Waals surface area contributed by atoms with Gasteiger partial charge < -0.3 is 74.7 Å². The molecule has 0 amide bonds. The average Bonchev–Trinajstić information content (AvgIpc) is 3.57. The van der Waals surface area contributed by atoms with E-state index in [1.54, 1.807) is 0 Å². The van der Waals surface area contributed by atoms with Crippen LogP contribution in [0.5, 0.6) is 0 Å².